The van der Waals surface area contributed by atoms with Gasteiger partial charge in [-0.15, -0.1) is 0 Å². The van der Waals surface area contributed by atoms with E-state index in [0.717, 1.165) is 5.57 Å². The van der Waals surface area contributed by atoms with Crippen molar-refractivity contribution in [2.75, 3.05) is 0 Å². The van der Waals surface area contributed by atoms with E-state index in [1.807, 2.05) is 33.8 Å². The van der Waals surface area contributed by atoms with Crippen molar-refractivity contribution in [1.29, 1.82) is 0 Å². The average Bonchev–Trinajstić information content (AvgIpc) is 2.13. The molecule has 0 aromatic heterocycles. The van der Waals surface area contributed by atoms with Crippen LogP contribution in [0, 0.1) is 11.8 Å². The third-order valence-corrected chi connectivity index (χ3v) is 3.29. The van der Waals surface area contributed by atoms with Crippen molar-refractivity contribution in [1.82, 2.24) is 0 Å². The van der Waals surface area contributed by atoms with Crippen LogP contribution in [-0.4, -0.2) is 11.6 Å². The molecule has 0 spiro atoms. The smallest absolute Gasteiger partial charge is 0.240 e. The first-order chi connectivity index (χ1) is 6.86. The molecule has 2 nitrogen and oxygen atoms in total. The van der Waals surface area contributed by atoms with Crippen LogP contribution >= 0.6 is 15.9 Å². The molecule has 0 amide bonds. The van der Waals surface area contributed by atoms with Crippen LogP contribution < -0.4 is 0 Å². The van der Waals surface area contributed by atoms with Gasteiger partial charge >= 0.3 is 0 Å². The van der Waals surface area contributed by atoms with Gasteiger partial charge in [-0.1, -0.05) is 27.7 Å². The van der Waals surface area contributed by atoms with Crippen molar-refractivity contribution >= 4 is 27.5 Å². The number of Topliss-reactive ketones (excluding diaryl/α,β-unsaturated/α-hetero) is 2. The normalized spacial score (nSPS) is 17.9. The standard InChI is InChI=1S/C12H15BrO2/c1-6(2)8-5-9(7(3)4)11(14)12(15)10(8)13/h5-7H,1-4H3. The molecule has 0 N–H and O–H groups in total. The van der Waals surface area contributed by atoms with Gasteiger partial charge in [0, 0.05) is 5.57 Å². The Labute approximate surface area is 98.6 Å². The van der Waals surface area contributed by atoms with E-state index in [9.17, 15) is 9.59 Å². The zero-order chi connectivity index (χ0) is 11.7. The van der Waals surface area contributed by atoms with E-state index in [1.165, 1.54) is 0 Å². The van der Waals surface area contributed by atoms with Crippen LogP contribution in [0.2, 0.25) is 0 Å². The summed E-state index contributed by atoms with van der Waals surface area (Å²) in [6, 6.07) is 0. The second-order valence-corrected chi connectivity index (χ2v) is 5.13. The van der Waals surface area contributed by atoms with E-state index < -0.39 is 5.78 Å². The molecule has 82 valence electrons. The number of hydrogen-bond donors (Lipinski definition) is 0. The quantitative estimate of drug-likeness (QED) is 0.571. The summed E-state index contributed by atoms with van der Waals surface area (Å²) in [5, 5.41) is 0. The van der Waals surface area contributed by atoms with Crippen molar-refractivity contribution in [3.8, 4) is 0 Å². The van der Waals surface area contributed by atoms with E-state index in [0.29, 0.717) is 10.1 Å². The lowest BCUT2D eigenvalue weighted by molar-refractivity contribution is -0.132. The summed E-state index contributed by atoms with van der Waals surface area (Å²) in [7, 11) is 0. The fourth-order valence-corrected chi connectivity index (χ4v) is 2.26. The van der Waals surface area contributed by atoms with E-state index >= 15 is 0 Å². The van der Waals surface area contributed by atoms with Gasteiger partial charge in [-0.3, -0.25) is 9.59 Å². The molecule has 0 atom stereocenters. The number of allylic oxidation sites excluding steroid dienone is 4. The fraction of sp³-hybridized carbons (Fsp3) is 0.500. The highest BCUT2D eigenvalue weighted by molar-refractivity contribution is 9.12. The van der Waals surface area contributed by atoms with Gasteiger partial charge in [0.05, 0.1) is 4.48 Å². The van der Waals surface area contributed by atoms with Crippen molar-refractivity contribution in [2.24, 2.45) is 11.8 Å². The van der Waals surface area contributed by atoms with E-state index in [4.69, 9.17) is 0 Å². The first-order valence-corrected chi connectivity index (χ1v) is 5.85. The SMILES string of the molecule is CC(C)C1=CC(C(C)C)=C(Br)C(=O)C1=O. The molecule has 1 aliphatic carbocycles. The van der Waals surface area contributed by atoms with Gasteiger partial charge < -0.3 is 0 Å². The number of carbonyl (C=O) groups is 2. The van der Waals surface area contributed by atoms with Gasteiger partial charge in [-0.25, -0.2) is 0 Å². The molecule has 0 bridgehead atoms. The summed E-state index contributed by atoms with van der Waals surface area (Å²) in [6.07, 6.45) is 1.85. The zero-order valence-electron chi connectivity index (χ0n) is 9.43. The minimum atomic E-state index is -0.412. The minimum absolute atomic E-state index is 0.0933. The fourth-order valence-electron chi connectivity index (χ4n) is 1.51. The van der Waals surface area contributed by atoms with Crippen molar-refractivity contribution in [3.63, 3.8) is 0 Å². The van der Waals surface area contributed by atoms with Crippen molar-refractivity contribution < 1.29 is 9.59 Å². The Bertz CT molecular complexity index is 373. The topological polar surface area (TPSA) is 34.1 Å². The predicted octanol–water partition coefficient (Wildman–Crippen LogP) is 3.03. The van der Waals surface area contributed by atoms with Crippen LogP contribution in [0.15, 0.2) is 21.7 Å². The summed E-state index contributed by atoms with van der Waals surface area (Å²) in [6.45, 7) is 7.87. The maximum absolute atomic E-state index is 11.7. The minimum Gasteiger partial charge on any atom is -0.285 e. The number of carbonyl (C=O) groups excluding carboxylic acids is 2. The molecule has 1 aliphatic rings. The summed E-state index contributed by atoms with van der Waals surface area (Å²) in [5.74, 6) is -0.452. The number of ketones is 2. The van der Waals surface area contributed by atoms with Crippen molar-refractivity contribution in [2.45, 2.75) is 27.7 Å². The third-order valence-electron chi connectivity index (χ3n) is 2.48. The predicted molar refractivity (Wildman–Crippen MR) is 63.7 cm³/mol. The van der Waals surface area contributed by atoms with Crippen LogP contribution in [0.5, 0.6) is 0 Å². The molecule has 0 saturated heterocycles. The van der Waals surface area contributed by atoms with Crippen LogP contribution in [0.25, 0.3) is 0 Å². The molecule has 3 heteroatoms. The molecule has 0 aromatic rings. The molecular weight excluding hydrogens is 256 g/mol. The second kappa shape index (κ2) is 4.44. The van der Waals surface area contributed by atoms with Crippen LogP contribution in [0.4, 0.5) is 0 Å². The Balaban J connectivity index is 3.28. The van der Waals surface area contributed by atoms with Gasteiger partial charge in [-0.2, -0.15) is 0 Å². The monoisotopic (exact) mass is 270 g/mol. The second-order valence-electron chi connectivity index (χ2n) is 4.34. The number of halogens is 1. The summed E-state index contributed by atoms with van der Waals surface area (Å²) >= 11 is 3.20. The first kappa shape index (κ1) is 12.4. The summed E-state index contributed by atoms with van der Waals surface area (Å²) in [5.41, 5.74) is 1.54. The molecule has 15 heavy (non-hydrogen) atoms. The lowest BCUT2D eigenvalue weighted by Gasteiger charge is -2.19. The number of rotatable bonds is 2. The molecule has 0 fully saturated rings. The van der Waals surface area contributed by atoms with Gasteiger partial charge in [-0.05, 0) is 39.4 Å². The van der Waals surface area contributed by atoms with Crippen LogP contribution in [0.3, 0.4) is 0 Å². The zero-order valence-corrected chi connectivity index (χ0v) is 11.0. The average molecular weight is 271 g/mol. The Morgan fingerprint density at radius 3 is 1.93 bits per heavy atom. The van der Waals surface area contributed by atoms with Crippen LogP contribution in [-0.2, 0) is 9.59 Å². The van der Waals surface area contributed by atoms with Gasteiger partial charge in [0.2, 0.25) is 11.6 Å². The van der Waals surface area contributed by atoms with Gasteiger partial charge in [0.1, 0.15) is 0 Å². The molecular formula is C12H15BrO2. The lowest BCUT2D eigenvalue weighted by atomic mass is 9.86. The molecule has 0 saturated carbocycles. The first-order valence-electron chi connectivity index (χ1n) is 5.06. The summed E-state index contributed by atoms with van der Waals surface area (Å²) in [4.78, 5) is 23.3. The van der Waals surface area contributed by atoms with Gasteiger partial charge in [0.25, 0.3) is 0 Å². The highest BCUT2D eigenvalue weighted by Crippen LogP contribution is 2.30. The molecule has 0 radical (unpaired) electrons. The van der Waals surface area contributed by atoms with Crippen LogP contribution in [0.1, 0.15) is 27.7 Å². The molecule has 0 aromatic carbocycles. The Morgan fingerprint density at radius 2 is 1.53 bits per heavy atom. The third kappa shape index (κ3) is 2.28. The Kier molecular flexibility index (Phi) is 3.66. The molecule has 0 heterocycles. The maximum Gasteiger partial charge on any atom is 0.240 e. The Morgan fingerprint density at radius 1 is 1.00 bits per heavy atom. The molecule has 0 aliphatic heterocycles. The van der Waals surface area contributed by atoms with E-state index in [2.05, 4.69) is 15.9 Å². The highest BCUT2D eigenvalue weighted by Gasteiger charge is 2.30. The van der Waals surface area contributed by atoms with E-state index in [-0.39, 0.29) is 17.6 Å². The van der Waals surface area contributed by atoms with Crippen molar-refractivity contribution in [3.05, 3.63) is 21.7 Å². The molecule has 0 unspecified atom stereocenters. The maximum atomic E-state index is 11.7. The number of hydrogen-bond acceptors (Lipinski definition) is 2. The van der Waals surface area contributed by atoms with E-state index in [1.54, 1.807) is 0 Å². The summed E-state index contributed by atoms with van der Waals surface area (Å²) < 4.78 is 0.423. The lowest BCUT2D eigenvalue weighted by Crippen LogP contribution is -2.24. The van der Waals surface area contributed by atoms with Gasteiger partial charge in [0.15, 0.2) is 0 Å². The largest absolute Gasteiger partial charge is 0.285 e. The molecule has 1 rings (SSSR count). The Hall–Kier alpha value is -0.700. The highest BCUT2D eigenvalue weighted by atomic mass is 79.9.